The molecule has 0 radical (unpaired) electrons. The number of hydrogen-bond acceptors (Lipinski definition) is 6. The Labute approximate surface area is 143 Å². The van der Waals surface area contributed by atoms with E-state index >= 15 is 0 Å². The first kappa shape index (κ1) is 16.0. The summed E-state index contributed by atoms with van der Waals surface area (Å²) in [5.41, 5.74) is 7.89. The van der Waals surface area contributed by atoms with Gasteiger partial charge >= 0.3 is 0 Å². The minimum atomic E-state index is -0.870. The largest absolute Gasteiger partial charge is 0.460 e. The molecule has 2 N–H and O–H groups in total. The Morgan fingerprint density at radius 2 is 2.00 bits per heavy atom. The van der Waals surface area contributed by atoms with Crippen LogP contribution in [0.3, 0.4) is 0 Å². The minimum absolute atomic E-state index is 0.0169. The molecule has 0 saturated heterocycles. The number of ketones is 1. The van der Waals surface area contributed by atoms with E-state index in [4.69, 9.17) is 19.9 Å². The predicted octanol–water partition coefficient (Wildman–Crippen LogP) is 3.19. The lowest BCUT2D eigenvalue weighted by atomic mass is 10.0. The maximum atomic E-state index is 12.5. The lowest BCUT2D eigenvalue weighted by Gasteiger charge is -2.09. The maximum Gasteiger partial charge on any atom is 0.249 e. The molecule has 0 fully saturated rings. The number of nitriles is 1. The van der Waals surface area contributed by atoms with Crippen molar-refractivity contribution in [3.05, 3.63) is 82.9 Å². The zero-order chi connectivity index (χ0) is 16.9. The van der Waals surface area contributed by atoms with E-state index in [1.807, 2.05) is 36.4 Å². The van der Waals surface area contributed by atoms with Crippen LogP contribution in [0.15, 0.2) is 66.2 Å². The van der Waals surface area contributed by atoms with Gasteiger partial charge in [0.25, 0.3) is 0 Å². The number of carbonyl (C=O) groups is 1. The third-order valence-electron chi connectivity index (χ3n) is 3.46. The van der Waals surface area contributed by atoms with Crippen LogP contribution in [0, 0.1) is 11.3 Å². The van der Waals surface area contributed by atoms with E-state index in [2.05, 4.69) is 0 Å². The van der Waals surface area contributed by atoms with Crippen molar-refractivity contribution < 1.29 is 13.7 Å². The molecular weight excluding hydrogens is 324 g/mol. The van der Waals surface area contributed by atoms with Crippen molar-refractivity contribution in [1.29, 1.82) is 5.26 Å². The van der Waals surface area contributed by atoms with E-state index in [0.717, 1.165) is 17.6 Å². The highest BCUT2D eigenvalue weighted by Crippen LogP contribution is 2.34. The number of ether oxygens (including phenoxy) is 1. The highest BCUT2D eigenvalue weighted by atomic mass is 32.2. The first-order chi connectivity index (χ1) is 11.7. The van der Waals surface area contributed by atoms with Gasteiger partial charge in [0.2, 0.25) is 17.4 Å². The quantitative estimate of drug-likeness (QED) is 0.843. The molecule has 1 atom stereocenters. The molecule has 120 valence electrons. The van der Waals surface area contributed by atoms with Crippen molar-refractivity contribution >= 4 is 17.8 Å². The summed E-state index contributed by atoms with van der Waals surface area (Å²) in [6.45, 7) is 0. The summed E-state index contributed by atoms with van der Waals surface area (Å²) in [6, 6.07) is 18.5. The Morgan fingerprint density at radius 1 is 1.21 bits per heavy atom. The van der Waals surface area contributed by atoms with Crippen LogP contribution in [0.2, 0.25) is 0 Å². The van der Waals surface area contributed by atoms with Crippen LogP contribution >= 0.6 is 12.0 Å². The van der Waals surface area contributed by atoms with E-state index < -0.39 is 6.10 Å². The summed E-state index contributed by atoms with van der Waals surface area (Å²) < 4.78 is 10.9. The van der Waals surface area contributed by atoms with Gasteiger partial charge in [0.1, 0.15) is 0 Å². The highest BCUT2D eigenvalue weighted by molar-refractivity contribution is 7.94. The molecule has 5 nitrogen and oxygen atoms in total. The second kappa shape index (κ2) is 7.11. The van der Waals surface area contributed by atoms with Gasteiger partial charge in [-0.05, 0) is 17.7 Å². The minimum Gasteiger partial charge on any atom is -0.460 e. The Balaban J connectivity index is 1.66. The second-order valence-corrected chi connectivity index (χ2v) is 5.81. The molecule has 0 aromatic heterocycles. The number of Topliss-reactive ketones (excluding diaryl/α,β-unsaturated/α-hetero) is 1. The number of nitrogens with zero attached hydrogens (tertiary/aromatic N) is 1. The van der Waals surface area contributed by atoms with Gasteiger partial charge < -0.3 is 14.7 Å². The zero-order valence-corrected chi connectivity index (χ0v) is 13.5. The summed E-state index contributed by atoms with van der Waals surface area (Å²) in [5.74, 6) is 0.221. The van der Waals surface area contributed by atoms with Gasteiger partial charge in [-0.2, -0.15) is 5.26 Å². The van der Waals surface area contributed by atoms with Crippen molar-refractivity contribution in [2.45, 2.75) is 11.9 Å². The van der Waals surface area contributed by atoms with Crippen molar-refractivity contribution in [2.75, 3.05) is 0 Å². The molecule has 0 amide bonds. The van der Waals surface area contributed by atoms with E-state index in [0.29, 0.717) is 16.9 Å². The summed E-state index contributed by atoms with van der Waals surface area (Å²) in [4.78, 5) is 12.5. The first-order valence-corrected chi connectivity index (χ1v) is 8.14. The molecule has 0 bridgehead atoms. The van der Waals surface area contributed by atoms with Crippen LogP contribution in [0.1, 0.15) is 22.8 Å². The van der Waals surface area contributed by atoms with Crippen LogP contribution in [-0.2, 0) is 19.5 Å². The van der Waals surface area contributed by atoms with Gasteiger partial charge in [-0.25, -0.2) is 0 Å². The van der Waals surface area contributed by atoms with Crippen LogP contribution in [0.25, 0.3) is 0 Å². The van der Waals surface area contributed by atoms with Crippen molar-refractivity contribution in [3.8, 4) is 6.07 Å². The molecule has 1 heterocycles. The lowest BCUT2D eigenvalue weighted by molar-refractivity contribution is -0.122. The third-order valence-corrected chi connectivity index (χ3v) is 4.20. The summed E-state index contributed by atoms with van der Waals surface area (Å²) in [5, 5.41) is 8.96. The van der Waals surface area contributed by atoms with Gasteiger partial charge in [0.05, 0.1) is 29.4 Å². The number of benzene rings is 2. The summed E-state index contributed by atoms with van der Waals surface area (Å²) >= 11 is 1.12. The number of carbonyl (C=O) groups excluding carboxylic acids is 1. The topological polar surface area (TPSA) is 85.3 Å². The number of nitrogens with two attached hydrogens (primary N) is 1. The smallest absolute Gasteiger partial charge is 0.249 e. The third kappa shape index (κ3) is 3.36. The van der Waals surface area contributed by atoms with Gasteiger partial charge in [-0.1, -0.05) is 42.5 Å². The Morgan fingerprint density at radius 3 is 2.75 bits per heavy atom. The fraction of sp³-hybridized carbons (Fsp3) is 0.111. The number of rotatable bonds is 5. The first-order valence-electron chi connectivity index (χ1n) is 7.23. The SMILES string of the molecule is N#Cc1cccc(C2OC(N)=C(OSCc3ccccc3)C2=O)c1. The van der Waals surface area contributed by atoms with E-state index in [1.54, 1.807) is 24.3 Å². The highest BCUT2D eigenvalue weighted by Gasteiger charge is 2.37. The molecule has 2 aromatic rings. The van der Waals surface area contributed by atoms with E-state index in [1.165, 1.54) is 0 Å². The summed E-state index contributed by atoms with van der Waals surface area (Å²) in [6.07, 6.45) is -0.870. The number of hydrogen-bond donors (Lipinski definition) is 1. The average molecular weight is 338 g/mol. The molecule has 24 heavy (non-hydrogen) atoms. The van der Waals surface area contributed by atoms with Gasteiger partial charge in [0.15, 0.2) is 6.10 Å². The molecule has 6 heteroatoms. The van der Waals surface area contributed by atoms with Crippen molar-refractivity contribution in [2.24, 2.45) is 5.73 Å². The molecule has 3 rings (SSSR count). The Bertz CT molecular complexity index is 828. The molecule has 0 spiro atoms. The maximum absolute atomic E-state index is 12.5. The van der Waals surface area contributed by atoms with Crippen molar-refractivity contribution in [3.63, 3.8) is 0 Å². The monoisotopic (exact) mass is 338 g/mol. The normalized spacial score (nSPS) is 16.6. The van der Waals surface area contributed by atoms with Gasteiger partial charge in [0, 0.05) is 5.56 Å². The van der Waals surface area contributed by atoms with Gasteiger partial charge in [-0.15, -0.1) is 0 Å². The van der Waals surface area contributed by atoms with Crippen LogP contribution in [0.4, 0.5) is 0 Å². The van der Waals surface area contributed by atoms with Crippen LogP contribution in [0.5, 0.6) is 0 Å². The molecule has 1 aliphatic heterocycles. The predicted molar refractivity (Wildman–Crippen MR) is 90.0 cm³/mol. The Hall–Kier alpha value is -2.91. The van der Waals surface area contributed by atoms with Gasteiger partial charge in [-0.3, -0.25) is 4.79 Å². The van der Waals surface area contributed by atoms with Crippen LogP contribution in [-0.4, -0.2) is 5.78 Å². The second-order valence-electron chi connectivity index (χ2n) is 5.12. The average Bonchev–Trinajstić information content (AvgIpc) is 2.91. The van der Waals surface area contributed by atoms with E-state index in [-0.39, 0.29) is 17.4 Å². The fourth-order valence-electron chi connectivity index (χ4n) is 2.28. The summed E-state index contributed by atoms with van der Waals surface area (Å²) in [7, 11) is 0. The molecule has 0 saturated carbocycles. The van der Waals surface area contributed by atoms with E-state index in [9.17, 15) is 4.79 Å². The molecule has 0 aliphatic carbocycles. The zero-order valence-electron chi connectivity index (χ0n) is 12.6. The standard InChI is InChI=1S/C18H14N2O3S/c19-10-13-7-4-8-14(9-13)16-15(21)17(18(20)22-16)23-24-11-12-5-2-1-3-6-12/h1-9,16H,11,20H2. The Kier molecular flexibility index (Phi) is 4.73. The molecular formula is C18H14N2O3S. The molecule has 1 aliphatic rings. The lowest BCUT2D eigenvalue weighted by Crippen LogP contribution is -2.10. The molecule has 1 unspecified atom stereocenters. The van der Waals surface area contributed by atoms with Crippen molar-refractivity contribution in [1.82, 2.24) is 0 Å². The fourth-order valence-corrected chi connectivity index (χ4v) is 2.95. The molecule has 2 aromatic carbocycles. The van der Waals surface area contributed by atoms with Crippen LogP contribution < -0.4 is 5.73 Å².